The molecule has 0 aliphatic rings. The zero-order valence-corrected chi connectivity index (χ0v) is 14.2. The van der Waals surface area contributed by atoms with Crippen LogP contribution >= 0.6 is 15.9 Å². The van der Waals surface area contributed by atoms with Gasteiger partial charge in [-0.3, -0.25) is 4.79 Å². The topological polar surface area (TPSA) is 50.4 Å². The molecule has 0 radical (unpaired) electrons. The van der Waals surface area contributed by atoms with E-state index < -0.39 is 0 Å². The monoisotopic (exact) mass is 362 g/mol. The Morgan fingerprint density at radius 3 is 2.55 bits per heavy atom. The summed E-state index contributed by atoms with van der Waals surface area (Å²) in [5.74, 6) is 0.704. The predicted molar refractivity (Wildman–Crippen MR) is 93.6 cm³/mol. The molecule has 1 amide bonds. The van der Waals surface area contributed by atoms with Crippen molar-refractivity contribution in [3.05, 3.63) is 52.5 Å². The van der Waals surface area contributed by atoms with Gasteiger partial charge in [0.1, 0.15) is 5.75 Å². The van der Waals surface area contributed by atoms with Gasteiger partial charge in [0.25, 0.3) is 0 Å². The van der Waals surface area contributed by atoms with Gasteiger partial charge in [0.05, 0.1) is 13.2 Å². The molecule has 0 saturated heterocycles. The van der Waals surface area contributed by atoms with Crippen molar-refractivity contribution < 1.29 is 9.53 Å². The van der Waals surface area contributed by atoms with E-state index >= 15 is 0 Å². The number of nitrogens with one attached hydrogen (secondary N) is 2. The smallest absolute Gasteiger partial charge is 0.243 e. The molecule has 2 aromatic carbocycles. The van der Waals surface area contributed by atoms with Crippen molar-refractivity contribution >= 4 is 33.2 Å². The van der Waals surface area contributed by atoms with Crippen molar-refractivity contribution in [1.82, 2.24) is 0 Å². The zero-order valence-electron chi connectivity index (χ0n) is 12.7. The highest BCUT2D eigenvalue weighted by Crippen LogP contribution is 2.20. The molecule has 116 valence electrons. The first-order valence-corrected chi connectivity index (χ1v) is 7.90. The fraction of sp³-hybridized carbons (Fsp3) is 0.235. The maximum absolute atomic E-state index is 12.0. The first-order valence-electron chi connectivity index (χ1n) is 7.11. The average Bonchev–Trinajstić information content (AvgIpc) is 2.49. The lowest BCUT2D eigenvalue weighted by atomic mass is 10.2. The lowest BCUT2D eigenvalue weighted by Gasteiger charge is -2.11. The average molecular weight is 363 g/mol. The first kappa shape index (κ1) is 16.4. The molecule has 0 aliphatic carbocycles. The molecular weight excluding hydrogens is 344 g/mol. The lowest BCUT2D eigenvalue weighted by Crippen LogP contribution is -2.22. The molecule has 0 aromatic heterocycles. The van der Waals surface area contributed by atoms with E-state index in [1.807, 2.05) is 56.3 Å². The van der Waals surface area contributed by atoms with Crippen molar-refractivity contribution in [2.75, 3.05) is 23.8 Å². The van der Waals surface area contributed by atoms with Crippen LogP contribution in [-0.2, 0) is 4.79 Å². The van der Waals surface area contributed by atoms with E-state index in [2.05, 4.69) is 26.6 Å². The molecule has 0 saturated carbocycles. The van der Waals surface area contributed by atoms with Gasteiger partial charge in [0.2, 0.25) is 5.91 Å². The summed E-state index contributed by atoms with van der Waals surface area (Å²) < 4.78 is 6.39. The second kappa shape index (κ2) is 7.84. The molecule has 2 N–H and O–H groups in total. The number of carbonyl (C=O) groups excluding carboxylic acids is 1. The normalized spacial score (nSPS) is 10.1. The molecule has 0 aliphatic heterocycles. The third kappa shape index (κ3) is 4.77. The van der Waals surface area contributed by atoms with Crippen LogP contribution in [0.15, 0.2) is 46.9 Å². The third-order valence-corrected chi connectivity index (χ3v) is 3.57. The van der Waals surface area contributed by atoms with E-state index in [0.29, 0.717) is 6.61 Å². The molecule has 5 heteroatoms. The number of anilines is 2. The van der Waals surface area contributed by atoms with Crippen LogP contribution in [-0.4, -0.2) is 19.1 Å². The standard InChI is InChI=1S/C17H19BrN2O2/c1-3-22-15-7-5-14(6-8-15)20-17(21)11-19-16-9-4-13(18)10-12(16)2/h4-10,19H,3,11H2,1-2H3,(H,20,21). The number of rotatable bonds is 6. The van der Waals surface area contributed by atoms with E-state index in [-0.39, 0.29) is 12.5 Å². The Morgan fingerprint density at radius 2 is 1.91 bits per heavy atom. The van der Waals surface area contributed by atoms with Crippen molar-refractivity contribution in [3.63, 3.8) is 0 Å². The van der Waals surface area contributed by atoms with Gasteiger partial charge in [0.15, 0.2) is 0 Å². The Bertz CT molecular complexity index is 642. The number of aryl methyl sites for hydroxylation is 1. The van der Waals surface area contributed by atoms with Crippen LogP contribution in [0.1, 0.15) is 12.5 Å². The van der Waals surface area contributed by atoms with Crippen LogP contribution in [0.25, 0.3) is 0 Å². The van der Waals surface area contributed by atoms with Gasteiger partial charge in [-0.2, -0.15) is 0 Å². The summed E-state index contributed by atoms with van der Waals surface area (Å²) >= 11 is 3.42. The van der Waals surface area contributed by atoms with Gasteiger partial charge in [-0.25, -0.2) is 0 Å². The van der Waals surface area contributed by atoms with Gasteiger partial charge in [-0.1, -0.05) is 15.9 Å². The summed E-state index contributed by atoms with van der Waals surface area (Å²) in [6.07, 6.45) is 0. The summed E-state index contributed by atoms with van der Waals surface area (Å²) in [7, 11) is 0. The van der Waals surface area contributed by atoms with Crippen LogP contribution in [0, 0.1) is 6.92 Å². The summed E-state index contributed by atoms with van der Waals surface area (Å²) in [4.78, 5) is 12.0. The zero-order chi connectivity index (χ0) is 15.9. The first-order chi connectivity index (χ1) is 10.6. The molecule has 2 aromatic rings. The van der Waals surface area contributed by atoms with Crippen LogP contribution in [0.2, 0.25) is 0 Å². The second-order valence-electron chi connectivity index (χ2n) is 4.82. The van der Waals surface area contributed by atoms with Crippen molar-refractivity contribution in [2.45, 2.75) is 13.8 Å². The van der Waals surface area contributed by atoms with E-state index in [4.69, 9.17) is 4.74 Å². The van der Waals surface area contributed by atoms with E-state index in [9.17, 15) is 4.79 Å². The molecule has 0 fully saturated rings. The summed E-state index contributed by atoms with van der Waals surface area (Å²) in [5, 5.41) is 5.98. The number of benzene rings is 2. The number of hydrogen-bond donors (Lipinski definition) is 2. The third-order valence-electron chi connectivity index (χ3n) is 3.08. The summed E-state index contributed by atoms with van der Waals surface area (Å²) in [6, 6.07) is 13.2. The highest BCUT2D eigenvalue weighted by Gasteiger charge is 2.04. The molecule has 2 rings (SSSR count). The van der Waals surface area contributed by atoms with E-state index in [0.717, 1.165) is 27.2 Å². The van der Waals surface area contributed by atoms with Crippen LogP contribution in [0.3, 0.4) is 0 Å². The molecule has 4 nitrogen and oxygen atoms in total. The summed E-state index contributed by atoms with van der Waals surface area (Å²) in [5.41, 5.74) is 2.79. The van der Waals surface area contributed by atoms with Gasteiger partial charge >= 0.3 is 0 Å². The van der Waals surface area contributed by atoms with Gasteiger partial charge < -0.3 is 15.4 Å². The highest BCUT2D eigenvalue weighted by atomic mass is 79.9. The molecule has 0 unspecified atom stereocenters. The maximum Gasteiger partial charge on any atom is 0.243 e. The van der Waals surface area contributed by atoms with Crippen LogP contribution in [0.4, 0.5) is 11.4 Å². The molecular formula is C17H19BrN2O2. The maximum atomic E-state index is 12.0. The molecule has 0 heterocycles. The minimum atomic E-state index is -0.0912. The Kier molecular flexibility index (Phi) is 5.83. The fourth-order valence-corrected chi connectivity index (χ4v) is 2.48. The Balaban J connectivity index is 1.87. The Hall–Kier alpha value is -2.01. The Labute approximate surface area is 139 Å². The van der Waals surface area contributed by atoms with Crippen LogP contribution in [0.5, 0.6) is 5.75 Å². The lowest BCUT2D eigenvalue weighted by molar-refractivity contribution is -0.114. The van der Waals surface area contributed by atoms with Crippen LogP contribution < -0.4 is 15.4 Å². The molecule has 22 heavy (non-hydrogen) atoms. The second-order valence-corrected chi connectivity index (χ2v) is 5.73. The highest BCUT2D eigenvalue weighted by molar-refractivity contribution is 9.10. The quantitative estimate of drug-likeness (QED) is 0.809. The van der Waals surface area contributed by atoms with Crippen molar-refractivity contribution in [1.29, 1.82) is 0 Å². The van der Waals surface area contributed by atoms with E-state index in [1.54, 1.807) is 0 Å². The fourth-order valence-electron chi connectivity index (χ4n) is 2.01. The van der Waals surface area contributed by atoms with Gasteiger partial charge in [0, 0.05) is 15.8 Å². The number of hydrogen-bond acceptors (Lipinski definition) is 3. The predicted octanol–water partition coefficient (Wildman–Crippen LogP) is 4.21. The minimum absolute atomic E-state index is 0.0912. The largest absolute Gasteiger partial charge is 0.494 e. The minimum Gasteiger partial charge on any atom is -0.494 e. The molecule has 0 bridgehead atoms. The van der Waals surface area contributed by atoms with Crippen molar-refractivity contribution in [2.24, 2.45) is 0 Å². The van der Waals surface area contributed by atoms with Crippen molar-refractivity contribution in [3.8, 4) is 5.75 Å². The number of amides is 1. The van der Waals surface area contributed by atoms with Gasteiger partial charge in [-0.05, 0) is 61.9 Å². The molecule has 0 atom stereocenters. The number of ether oxygens (including phenoxy) is 1. The summed E-state index contributed by atoms with van der Waals surface area (Å²) in [6.45, 7) is 4.78. The van der Waals surface area contributed by atoms with E-state index in [1.165, 1.54) is 0 Å². The SMILES string of the molecule is CCOc1ccc(NC(=O)CNc2ccc(Br)cc2C)cc1. The Morgan fingerprint density at radius 1 is 1.18 bits per heavy atom. The number of carbonyl (C=O) groups is 1. The number of halogens is 1. The molecule has 0 spiro atoms. The van der Waals surface area contributed by atoms with Gasteiger partial charge in [-0.15, -0.1) is 0 Å².